The Labute approximate surface area is 261 Å². The summed E-state index contributed by atoms with van der Waals surface area (Å²) in [5, 5.41) is 8.96. The summed E-state index contributed by atoms with van der Waals surface area (Å²) in [5.41, 5.74) is 6.22. The molecule has 9 heteroatoms. The highest BCUT2D eigenvalue weighted by atomic mass is 16.7. The van der Waals surface area contributed by atoms with E-state index in [0.717, 1.165) is 40.0 Å². The number of aromatic nitrogens is 4. The van der Waals surface area contributed by atoms with Gasteiger partial charge in [-0.05, 0) is 41.3 Å². The van der Waals surface area contributed by atoms with Crippen molar-refractivity contribution in [3.05, 3.63) is 150 Å². The van der Waals surface area contributed by atoms with E-state index in [1.807, 2.05) is 41.3 Å². The number of rotatable bonds is 11. The van der Waals surface area contributed by atoms with Crippen LogP contribution < -0.4 is 10.8 Å². The predicted molar refractivity (Wildman–Crippen MR) is 174 cm³/mol. The molecule has 2 N–H and O–H groups in total. The van der Waals surface area contributed by atoms with Gasteiger partial charge in [0.05, 0.1) is 11.7 Å². The second-order valence-corrected chi connectivity index (χ2v) is 10.6. The maximum Gasteiger partial charge on any atom is 0.331 e. The molecule has 0 unspecified atom stereocenters. The average molecular weight is 599 g/mol. The second-order valence-electron chi connectivity index (χ2n) is 10.6. The summed E-state index contributed by atoms with van der Waals surface area (Å²) in [6.07, 6.45) is 6.57. The fraction of sp³-hybridized carbons (Fsp3) is 0.167. The minimum Gasteiger partial charge on any atom is -0.356 e. The molecular weight excluding hydrogens is 564 g/mol. The van der Waals surface area contributed by atoms with Crippen molar-refractivity contribution in [2.24, 2.45) is 0 Å². The first kappa shape index (κ1) is 29.4. The van der Waals surface area contributed by atoms with Crippen LogP contribution in [0.25, 0.3) is 10.9 Å². The van der Waals surface area contributed by atoms with Crippen LogP contribution in [0.1, 0.15) is 46.8 Å². The third-order valence-corrected chi connectivity index (χ3v) is 7.86. The molecule has 0 fully saturated rings. The number of imidazole rings is 1. The zero-order valence-electron chi connectivity index (χ0n) is 25.0. The van der Waals surface area contributed by atoms with Crippen molar-refractivity contribution < 1.29 is 14.4 Å². The number of fused-ring (bicyclic) bond motifs is 1. The Morgan fingerprint density at radius 1 is 0.844 bits per heavy atom. The van der Waals surface area contributed by atoms with Gasteiger partial charge in [-0.25, -0.2) is 9.78 Å². The first-order chi connectivity index (χ1) is 22.1. The highest BCUT2D eigenvalue weighted by molar-refractivity contribution is 5.97. The number of carbonyl (C=O) groups excluding carboxylic acids is 2. The third-order valence-electron chi connectivity index (χ3n) is 7.86. The quantitative estimate of drug-likeness (QED) is 0.105. The Bertz CT molecular complexity index is 1790. The third kappa shape index (κ3) is 5.92. The summed E-state index contributed by atoms with van der Waals surface area (Å²) in [5.74, 6) is -0.223. The van der Waals surface area contributed by atoms with Gasteiger partial charge in [0, 0.05) is 42.9 Å². The van der Waals surface area contributed by atoms with Crippen molar-refractivity contribution >= 4 is 28.7 Å². The lowest BCUT2D eigenvalue weighted by atomic mass is 9.76. The van der Waals surface area contributed by atoms with E-state index in [1.54, 1.807) is 25.3 Å². The molecule has 226 valence electrons. The molecule has 0 bridgehead atoms. The molecule has 4 aromatic carbocycles. The topological polar surface area (TPSA) is 103 Å². The predicted octanol–water partition coefficient (Wildman–Crippen LogP) is 6.17. The number of benzene rings is 4. The van der Waals surface area contributed by atoms with E-state index in [0.29, 0.717) is 18.7 Å². The summed E-state index contributed by atoms with van der Waals surface area (Å²) in [7, 11) is 0. The number of carbonyl (C=O) groups is 2. The number of hydrogen-bond acceptors (Lipinski definition) is 6. The Morgan fingerprint density at radius 2 is 1.47 bits per heavy atom. The SMILES string of the molecule is CCC(=O)ONC(=O)c1ccc2c(cnn2CCCNc2nccn2C(c2ccccc2)(c2ccccc2)c2ccccc2)c1. The lowest BCUT2D eigenvalue weighted by Crippen LogP contribution is -2.38. The average Bonchev–Trinajstić information content (AvgIpc) is 3.74. The van der Waals surface area contributed by atoms with Crippen LogP contribution >= 0.6 is 0 Å². The van der Waals surface area contributed by atoms with Crippen LogP contribution in [0.4, 0.5) is 5.95 Å². The van der Waals surface area contributed by atoms with Crippen molar-refractivity contribution in [3.8, 4) is 0 Å². The van der Waals surface area contributed by atoms with Gasteiger partial charge in [0.15, 0.2) is 0 Å². The molecule has 0 saturated heterocycles. The normalized spacial score (nSPS) is 11.3. The van der Waals surface area contributed by atoms with Crippen molar-refractivity contribution in [1.29, 1.82) is 0 Å². The maximum atomic E-state index is 12.4. The van der Waals surface area contributed by atoms with Crippen LogP contribution in [-0.4, -0.2) is 37.8 Å². The largest absolute Gasteiger partial charge is 0.356 e. The van der Waals surface area contributed by atoms with Crippen LogP contribution in [-0.2, 0) is 21.7 Å². The lowest BCUT2D eigenvalue weighted by Gasteiger charge is -2.38. The van der Waals surface area contributed by atoms with Gasteiger partial charge in [-0.15, -0.1) is 0 Å². The monoisotopic (exact) mass is 598 g/mol. The van der Waals surface area contributed by atoms with Crippen LogP contribution in [0.2, 0.25) is 0 Å². The fourth-order valence-corrected chi connectivity index (χ4v) is 5.73. The smallest absolute Gasteiger partial charge is 0.331 e. The van der Waals surface area contributed by atoms with Crippen LogP contribution in [0.15, 0.2) is 128 Å². The van der Waals surface area contributed by atoms with Gasteiger partial charge >= 0.3 is 5.97 Å². The molecule has 9 nitrogen and oxygen atoms in total. The molecule has 0 radical (unpaired) electrons. The van der Waals surface area contributed by atoms with E-state index in [2.05, 4.69) is 93.3 Å². The van der Waals surface area contributed by atoms with Gasteiger partial charge in [0.2, 0.25) is 5.95 Å². The molecular formula is C36H34N6O3. The molecule has 0 aliphatic heterocycles. The number of anilines is 1. The molecule has 0 saturated carbocycles. The molecule has 1 amide bonds. The molecule has 0 spiro atoms. The Hall–Kier alpha value is -5.70. The van der Waals surface area contributed by atoms with Crippen molar-refractivity contribution in [2.45, 2.75) is 31.8 Å². The Balaban J connectivity index is 1.22. The Morgan fingerprint density at radius 3 is 2.07 bits per heavy atom. The van der Waals surface area contributed by atoms with Gasteiger partial charge in [-0.3, -0.25) is 14.0 Å². The maximum absolute atomic E-state index is 12.4. The summed E-state index contributed by atoms with van der Waals surface area (Å²) >= 11 is 0. The first-order valence-corrected chi connectivity index (χ1v) is 15.0. The molecule has 2 aromatic heterocycles. The summed E-state index contributed by atoms with van der Waals surface area (Å²) in [4.78, 5) is 33.3. The highest BCUT2D eigenvalue weighted by Gasteiger charge is 2.39. The van der Waals surface area contributed by atoms with Crippen molar-refractivity contribution in [1.82, 2.24) is 24.8 Å². The molecule has 0 aliphatic carbocycles. The number of hydroxylamine groups is 1. The van der Waals surface area contributed by atoms with Gasteiger partial charge in [0.1, 0.15) is 5.54 Å². The zero-order chi connectivity index (χ0) is 31.1. The van der Waals surface area contributed by atoms with Crippen LogP contribution in [0.3, 0.4) is 0 Å². The number of nitrogens with one attached hydrogen (secondary N) is 2. The molecule has 0 aliphatic rings. The lowest BCUT2D eigenvalue weighted by molar-refractivity contribution is -0.148. The van der Waals surface area contributed by atoms with E-state index in [-0.39, 0.29) is 6.42 Å². The minimum atomic E-state index is -0.653. The molecule has 6 aromatic rings. The van der Waals surface area contributed by atoms with Gasteiger partial charge in [-0.1, -0.05) is 97.9 Å². The van der Waals surface area contributed by atoms with Crippen molar-refractivity contribution in [3.63, 3.8) is 0 Å². The Kier molecular flexibility index (Phi) is 8.68. The van der Waals surface area contributed by atoms with E-state index in [1.165, 1.54) is 0 Å². The molecule has 0 atom stereocenters. The number of amides is 1. The van der Waals surface area contributed by atoms with Crippen LogP contribution in [0, 0.1) is 0 Å². The fourth-order valence-electron chi connectivity index (χ4n) is 5.73. The number of hydrogen-bond donors (Lipinski definition) is 2. The summed E-state index contributed by atoms with van der Waals surface area (Å²) in [6, 6.07) is 36.8. The first-order valence-electron chi connectivity index (χ1n) is 15.0. The number of nitrogens with zero attached hydrogens (tertiary/aromatic N) is 4. The number of aryl methyl sites for hydroxylation is 1. The van der Waals surface area contributed by atoms with E-state index < -0.39 is 17.4 Å². The van der Waals surface area contributed by atoms with Gasteiger partial charge in [0.25, 0.3) is 5.91 Å². The standard InChI is InChI=1S/C36H34N6O3/c1-2-33(43)45-40-34(44)27-19-20-32-28(25-27)26-39-42(32)23-12-21-37-35-38-22-24-41(35)36(29-13-6-3-7-14-29,30-15-8-4-9-16-30)31-17-10-5-11-18-31/h3-11,13-20,22,24-26H,2,12,21,23H2,1H3,(H,37,38)(H,40,44). The minimum absolute atomic E-state index is 0.177. The van der Waals surface area contributed by atoms with Crippen LogP contribution in [0.5, 0.6) is 0 Å². The summed E-state index contributed by atoms with van der Waals surface area (Å²) < 4.78 is 4.14. The molecule has 45 heavy (non-hydrogen) atoms. The molecule has 2 heterocycles. The molecule has 6 rings (SSSR count). The van der Waals surface area contributed by atoms with Gasteiger partial charge < -0.3 is 10.2 Å². The zero-order valence-corrected chi connectivity index (χ0v) is 25.0. The summed E-state index contributed by atoms with van der Waals surface area (Å²) in [6.45, 7) is 2.99. The second kappa shape index (κ2) is 13.3. The van der Waals surface area contributed by atoms with E-state index in [4.69, 9.17) is 9.82 Å². The van der Waals surface area contributed by atoms with E-state index >= 15 is 0 Å². The van der Waals surface area contributed by atoms with Gasteiger partial charge in [-0.2, -0.15) is 10.6 Å². The van der Waals surface area contributed by atoms with E-state index in [9.17, 15) is 9.59 Å². The van der Waals surface area contributed by atoms with Crippen molar-refractivity contribution in [2.75, 3.05) is 11.9 Å². The highest BCUT2D eigenvalue weighted by Crippen LogP contribution is 2.42.